The molecule has 2 aromatic rings. The Morgan fingerprint density at radius 1 is 1.29 bits per heavy atom. The van der Waals surface area contributed by atoms with Gasteiger partial charge in [0.2, 0.25) is 0 Å². The predicted molar refractivity (Wildman–Crippen MR) is 82.5 cm³/mol. The van der Waals surface area contributed by atoms with Gasteiger partial charge in [0, 0.05) is 18.2 Å². The van der Waals surface area contributed by atoms with Crippen LogP contribution in [0.4, 0.5) is 0 Å². The van der Waals surface area contributed by atoms with Crippen molar-refractivity contribution in [2.24, 2.45) is 0 Å². The first-order valence-corrected chi connectivity index (χ1v) is 7.82. The van der Waals surface area contributed by atoms with Crippen LogP contribution in [0, 0.1) is 6.92 Å². The molecule has 0 amide bonds. The Labute approximate surface area is 129 Å². The molecule has 1 fully saturated rings. The first-order valence-electron chi connectivity index (χ1n) is 7.44. The van der Waals surface area contributed by atoms with E-state index in [9.17, 15) is 0 Å². The van der Waals surface area contributed by atoms with Gasteiger partial charge in [0.15, 0.2) is 0 Å². The molecule has 4 nitrogen and oxygen atoms in total. The summed E-state index contributed by atoms with van der Waals surface area (Å²) in [5.74, 6) is 1.82. The lowest BCUT2D eigenvalue weighted by Gasteiger charge is -2.41. The van der Waals surface area contributed by atoms with E-state index in [1.807, 2.05) is 23.7 Å². The van der Waals surface area contributed by atoms with Crippen LogP contribution >= 0.6 is 11.6 Å². The van der Waals surface area contributed by atoms with Crippen molar-refractivity contribution in [1.29, 1.82) is 0 Å². The third-order valence-corrected chi connectivity index (χ3v) is 4.59. The Hall–Kier alpha value is -1.39. The number of aromatic nitrogens is 3. The van der Waals surface area contributed by atoms with Crippen LogP contribution in [-0.2, 0) is 12.0 Å². The van der Waals surface area contributed by atoms with Crippen molar-refractivity contribution >= 4 is 11.6 Å². The van der Waals surface area contributed by atoms with Crippen LogP contribution in [0.25, 0.3) is 0 Å². The van der Waals surface area contributed by atoms with Crippen molar-refractivity contribution < 1.29 is 5.11 Å². The smallest absolute Gasteiger partial charge is 0.147 e. The molecule has 1 saturated carbocycles. The van der Waals surface area contributed by atoms with Gasteiger partial charge < -0.3 is 5.11 Å². The maximum Gasteiger partial charge on any atom is 0.147 e. The summed E-state index contributed by atoms with van der Waals surface area (Å²) in [6, 6.07) is 8.08. The summed E-state index contributed by atoms with van der Waals surface area (Å²) in [6.07, 6.45) is 4.08. The highest BCUT2D eigenvalue weighted by molar-refractivity contribution is 6.30. The highest BCUT2D eigenvalue weighted by atomic mass is 35.5. The summed E-state index contributed by atoms with van der Waals surface area (Å²) < 4.78 is 1.97. The summed E-state index contributed by atoms with van der Waals surface area (Å²) in [6.45, 7) is 2.81. The summed E-state index contributed by atoms with van der Waals surface area (Å²) in [4.78, 5) is 4.69. The Morgan fingerprint density at radius 2 is 2.00 bits per heavy atom. The molecular formula is C16H20ClN3O. The molecule has 21 heavy (non-hydrogen) atoms. The van der Waals surface area contributed by atoms with Crippen LogP contribution in [0.3, 0.4) is 0 Å². The lowest BCUT2D eigenvalue weighted by Crippen LogP contribution is -2.38. The van der Waals surface area contributed by atoms with Crippen LogP contribution in [0.15, 0.2) is 24.3 Å². The Kier molecular flexibility index (Phi) is 4.00. The van der Waals surface area contributed by atoms with Crippen molar-refractivity contribution in [3.8, 4) is 0 Å². The van der Waals surface area contributed by atoms with Crippen molar-refractivity contribution in [2.45, 2.75) is 44.6 Å². The van der Waals surface area contributed by atoms with E-state index < -0.39 is 0 Å². The standard InChI is InChI=1S/C16H20ClN3O/c1-12-18-15(20(19-12)10-3-11-21)16(8-2-9-16)13-4-6-14(17)7-5-13/h4-7,21H,2-3,8-11H2,1H3. The fraction of sp³-hybridized carbons (Fsp3) is 0.500. The molecule has 0 unspecified atom stereocenters. The minimum Gasteiger partial charge on any atom is -0.396 e. The van der Waals surface area contributed by atoms with Gasteiger partial charge in [0.1, 0.15) is 11.6 Å². The van der Waals surface area contributed by atoms with Crippen LogP contribution in [0.5, 0.6) is 0 Å². The second kappa shape index (κ2) is 5.78. The van der Waals surface area contributed by atoms with Gasteiger partial charge in [-0.15, -0.1) is 0 Å². The van der Waals surface area contributed by atoms with Gasteiger partial charge >= 0.3 is 0 Å². The minimum absolute atomic E-state index is 0.0404. The van der Waals surface area contributed by atoms with Gasteiger partial charge in [-0.25, -0.2) is 9.67 Å². The fourth-order valence-corrected chi connectivity index (χ4v) is 3.25. The predicted octanol–water partition coefficient (Wildman–Crippen LogP) is 3.09. The minimum atomic E-state index is -0.0404. The summed E-state index contributed by atoms with van der Waals surface area (Å²) in [7, 11) is 0. The lowest BCUT2D eigenvalue weighted by atomic mass is 9.64. The molecule has 3 rings (SSSR count). The molecule has 1 heterocycles. The van der Waals surface area contributed by atoms with Gasteiger partial charge in [0.05, 0.1) is 5.41 Å². The molecule has 112 valence electrons. The molecule has 5 heteroatoms. The normalized spacial score (nSPS) is 16.7. The second-order valence-electron chi connectivity index (χ2n) is 5.73. The number of benzene rings is 1. The molecule has 0 saturated heterocycles. The van der Waals surface area contributed by atoms with E-state index >= 15 is 0 Å². The van der Waals surface area contributed by atoms with Gasteiger partial charge in [0.25, 0.3) is 0 Å². The summed E-state index contributed by atoms with van der Waals surface area (Å²) in [5, 5.41) is 14.3. The van der Waals surface area contributed by atoms with Crippen LogP contribution in [0.1, 0.15) is 42.9 Å². The maximum absolute atomic E-state index is 9.07. The van der Waals surface area contributed by atoms with E-state index in [1.165, 1.54) is 12.0 Å². The highest BCUT2D eigenvalue weighted by Crippen LogP contribution is 2.48. The Balaban J connectivity index is 2.01. The maximum atomic E-state index is 9.07. The molecule has 0 spiro atoms. The number of hydrogen-bond acceptors (Lipinski definition) is 3. The Bertz CT molecular complexity index is 617. The van der Waals surface area contributed by atoms with Gasteiger partial charge in [-0.3, -0.25) is 0 Å². The first-order chi connectivity index (χ1) is 10.2. The van der Waals surface area contributed by atoms with Crippen LogP contribution in [0.2, 0.25) is 5.02 Å². The molecule has 0 aliphatic heterocycles. The zero-order chi connectivity index (χ0) is 14.9. The third kappa shape index (κ3) is 2.58. The van der Waals surface area contributed by atoms with Crippen molar-refractivity contribution in [3.05, 3.63) is 46.5 Å². The van der Waals surface area contributed by atoms with Crippen molar-refractivity contribution in [2.75, 3.05) is 6.61 Å². The zero-order valence-corrected chi connectivity index (χ0v) is 13.0. The van der Waals surface area contributed by atoms with E-state index in [4.69, 9.17) is 21.7 Å². The Morgan fingerprint density at radius 3 is 2.57 bits per heavy atom. The number of aliphatic hydroxyl groups is 1. The van der Waals surface area contributed by atoms with Crippen LogP contribution < -0.4 is 0 Å². The summed E-state index contributed by atoms with van der Waals surface area (Å²) in [5.41, 5.74) is 1.22. The van der Waals surface area contributed by atoms with Crippen molar-refractivity contribution in [3.63, 3.8) is 0 Å². The van der Waals surface area contributed by atoms with E-state index in [0.29, 0.717) is 13.0 Å². The van der Waals surface area contributed by atoms with E-state index in [2.05, 4.69) is 17.2 Å². The number of aliphatic hydroxyl groups excluding tert-OH is 1. The third-order valence-electron chi connectivity index (χ3n) is 4.34. The second-order valence-corrected chi connectivity index (χ2v) is 6.16. The molecule has 0 atom stereocenters. The quantitative estimate of drug-likeness (QED) is 0.923. The number of hydrogen-bond donors (Lipinski definition) is 1. The highest BCUT2D eigenvalue weighted by Gasteiger charge is 2.44. The zero-order valence-electron chi connectivity index (χ0n) is 12.2. The molecular weight excluding hydrogens is 286 g/mol. The van der Waals surface area contributed by atoms with Crippen molar-refractivity contribution in [1.82, 2.24) is 14.8 Å². The van der Waals surface area contributed by atoms with E-state index in [-0.39, 0.29) is 12.0 Å². The molecule has 1 aliphatic rings. The monoisotopic (exact) mass is 305 g/mol. The van der Waals surface area contributed by atoms with Gasteiger partial charge in [-0.1, -0.05) is 30.2 Å². The lowest BCUT2D eigenvalue weighted by molar-refractivity contribution is 0.253. The number of halogens is 1. The van der Waals surface area contributed by atoms with Gasteiger partial charge in [-0.05, 0) is 43.9 Å². The summed E-state index contributed by atoms with van der Waals surface area (Å²) >= 11 is 6.01. The molecule has 1 aliphatic carbocycles. The number of rotatable bonds is 5. The topological polar surface area (TPSA) is 50.9 Å². The van der Waals surface area contributed by atoms with Crippen LogP contribution in [-0.4, -0.2) is 26.5 Å². The largest absolute Gasteiger partial charge is 0.396 e. The number of aryl methyl sites for hydroxylation is 2. The van der Waals surface area contributed by atoms with E-state index in [0.717, 1.165) is 29.5 Å². The number of nitrogens with zero attached hydrogens (tertiary/aromatic N) is 3. The molecule has 0 bridgehead atoms. The average molecular weight is 306 g/mol. The molecule has 0 radical (unpaired) electrons. The average Bonchev–Trinajstić information content (AvgIpc) is 2.79. The molecule has 1 aromatic carbocycles. The molecule has 1 N–H and O–H groups in total. The molecule has 1 aromatic heterocycles. The van der Waals surface area contributed by atoms with E-state index in [1.54, 1.807) is 0 Å². The fourth-order valence-electron chi connectivity index (χ4n) is 3.13. The SMILES string of the molecule is Cc1nc(C2(c3ccc(Cl)cc3)CCC2)n(CCCO)n1. The van der Waals surface area contributed by atoms with Gasteiger partial charge in [-0.2, -0.15) is 5.10 Å². The first kappa shape index (κ1) is 14.5.